The van der Waals surface area contributed by atoms with Crippen LogP contribution in [0.2, 0.25) is 0 Å². The fourth-order valence-electron chi connectivity index (χ4n) is 3.34. The Morgan fingerprint density at radius 2 is 1.92 bits per heavy atom. The summed E-state index contributed by atoms with van der Waals surface area (Å²) in [5.41, 5.74) is 0.842. The molecule has 0 aromatic carbocycles. The third-order valence-corrected chi connectivity index (χ3v) is 6.77. The standard InChI is InChI=1S/C18H24BN3O3S/c1-17(2)18(3,4)25-19(24-17)16-15-13(20-11-21-16)9-12(26-15)10-22-8-6-5-7-14(22)23/h9,11H,5-8,10H2,1-4H3. The number of rotatable bonds is 3. The Hall–Kier alpha value is -1.51. The van der Waals surface area contributed by atoms with Crippen molar-refractivity contribution in [3.8, 4) is 0 Å². The first-order valence-electron chi connectivity index (χ1n) is 9.13. The van der Waals surface area contributed by atoms with E-state index in [0.717, 1.165) is 40.1 Å². The summed E-state index contributed by atoms with van der Waals surface area (Å²) in [6.07, 6.45) is 4.30. The number of piperidine rings is 1. The molecule has 2 aromatic rings. The van der Waals surface area contributed by atoms with Crippen LogP contribution in [0.15, 0.2) is 12.4 Å². The van der Waals surface area contributed by atoms with Crippen LogP contribution in [-0.2, 0) is 20.6 Å². The Morgan fingerprint density at radius 3 is 2.62 bits per heavy atom. The van der Waals surface area contributed by atoms with Crippen molar-refractivity contribution in [2.75, 3.05) is 6.54 Å². The average Bonchev–Trinajstić information content (AvgIpc) is 3.06. The highest BCUT2D eigenvalue weighted by molar-refractivity contribution is 7.20. The fourth-order valence-corrected chi connectivity index (χ4v) is 4.46. The van der Waals surface area contributed by atoms with Crippen molar-refractivity contribution < 1.29 is 14.1 Å². The third-order valence-electron chi connectivity index (χ3n) is 5.63. The predicted octanol–water partition coefficient (Wildman–Crippen LogP) is 2.50. The number of hydrogen-bond acceptors (Lipinski definition) is 6. The summed E-state index contributed by atoms with van der Waals surface area (Å²) in [6.45, 7) is 9.62. The smallest absolute Gasteiger partial charge is 0.398 e. The van der Waals surface area contributed by atoms with Crippen LogP contribution in [-0.4, -0.2) is 45.6 Å². The molecule has 0 atom stereocenters. The normalized spacial score (nSPS) is 22.4. The third kappa shape index (κ3) is 3.04. The highest BCUT2D eigenvalue weighted by Gasteiger charge is 2.53. The van der Waals surface area contributed by atoms with Gasteiger partial charge in [0.25, 0.3) is 0 Å². The van der Waals surface area contributed by atoms with E-state index in [-0.39, 0.29) is 5.91 Å². The highest BCUT2D eigenvalue weighted by atomic mass is 32.1. The van der Waals surface area contributed by atoms with Gasteiger partial charge in [0.2, 0.25) is 5.91 Å². The molecule has 0 aliphatic carbocycles. The van der Waals surface area contributed by atoms with E-state index in [1.807, 2.05) is 32.6 Å². The first kappa shape index (κ1) is 17.9. The second-order valence-corrected chi connectivity index (χ2v) is 9.18. The Kier molecular flexibility index (Phi) is 4.32. The van der Waals surface area contributed by atoms with Crippen molar-refractivity contribution in [2.45, 2.75) is 64.7 Å². The maximum Gasteiger partial charge on any atom is 0.516 e. The lowest BCUT2D eigenvalue weighted by Crippen LogP contribution is -2.41. The zero-order chi connectivity index (χ0) is 18.5. The highest BCUT2D eigenvalue weighted by Crippen LogP contribution is 2.37. The van der Waals surface area contributed by atoms with E-state index in [1.165, 1.54) is 0 Å². The van der Waals surface area contributed by atoms with Gasteiger partial charge in [-0.1, -0.05) is 0 Å². The van der Waals surface area contributed by atoms with Gasteiger partial charge in [-0.2, -0.15) is 0 Å². The summed E-state index contributed by atoms with van der Waals surface area (Å²) >= 11 is 1.63. The zero-order valence-corrected chi connectivity index (χ0v) is 16.6. The van der Waals surface area contributed by atoms with Crippen LogP contribution in [0.25, 0.3) is 10.2 Å². The van der Waals surface area contributed by atoms with Gasteiger partial charge in [-0.25, -0.2) is 9.97 Å². The number of aromatic nitrogens is 2. The van der Waals surface area contributed by atoms with E-state index in [4.69, 9.17) is 9.31 Å². The van der Waals surface area contributed by atoms with E-state index in [9.17, 15) is 4.79 Å². The molecule has 4 heterocycles. The van der Waals surface area contributed by atoms with Crippen molar-refractivity contribution in [1.29, 1.82) is 0 Å². The zero-order valence-electron chi connectivity index (χ0n) is 15.7. The molecule has 0 radical (unpaired) electrons. The predicted molar refractivity (Wildman–Crippen MR) is 102 cm³/mol. The average molecular weight is 373 g/mol. The van der Waals surface area contributed by atoms with E-state index >= 15 is 0 Å². The minimum atomic E-state index is -0.506. The molecule has 2 fully saturated rings. The summed E-state index contributed by atoms with van der Waals surface area (Å²) in [4.78, 5) is 24.0. The van der Waals surface area contributed by atoms with Crippen LogP contribution in [0.4, 0.5) is 0 Å². The van der Waals surface area contributed by atoms with E-state index in [1.54, 1.807) is 17.7 Å². The Morgan fingerprint density at radius 1 is 1.19 bits per heavy atom. The van der Waals surface area contributed by atoms with Crippen LogP contribution < -0.4 is 5.59 Å². The second kappa shape index (κ2) is 6.28. The maximum atomic E-state index is 12.1. The summed E-state index contributed by atoms with van der Waals surface area (Å²) in [6, 6.07) is 2.05. The Balaban J connectivity index is 1.63. The lowest BCUT2D eigenvalue weighted by atomic mass is 9.84. The number of hydrogen-bond donors (Lipinski definition) is 0. The molecule has 2 aliphatic rings. The lowest BCUT2D eigenvalue weighted by Gasteiger charge is -2.32. The number of likely N-dealkylation sites (tertiary alicyclic amines) is 1. The first-order chi connectivity index (χ1) is 12.3. The minimum absolute atomic E-state index is 0.242. The van der Waals surface area contributed by atoms with Gasteiger partial charge in [0, 0.05) is 17.8 Å². The maximum absolute atomic E-state index is 12.1. The quantitative estimate of drug-likeness (QED) is 0.774. The number of carbonyl (C=O) groups is 1. The molecule has 2 saturated heterocycles. The first-order valence-corrected chi connectivity index (χ1v) is 9.95. The van der Waals surface area contributed by atoms with Crippen LogP contribution in [0.5, 0.6) is 0 Å². The number of nitrogens with zero attached hydrogens (tertiary/aromatic N) is 3. The van der Waals surface area contributed by atoms with Crippen LogP contribution in [0.1, 0.15) is 51.8 Å². The molecule has 1 amide bonds. The molecule has 0 unspecified atom stereocenters. The van der Waals surface area contributed by atoms with Gasteiger partial charge in [-0.15, -0.1) is 11.3 Å². The van der Waals surface area contributed by atoms with Gasteiger partial charge in [0.05, 0.1) is 33.6 Å². The van der Waals surface area contributed by atoms with Crippen LogP contribution in [0.3, 0.4) is 0 Å². The monoisotopic (exact) mass is 373 g/mol. The van der Waals surface area contributed by atoms with Crippen LogP contribution in [0, 0.1) is 0 Å². The van der Waals surface area contributed by atoms with Crippen molar-refractivity contribution in [1.82, 2.24) is 14.9 Å². The van der Waals surface area contributed by atoms with Crippen molar-refractivity contribution in [3.63, 3.8) is 0 Å². The summed E-state index contributed by atoms with van der Waals surface area (Å²) in [7, 11) is -0.506. The minimum Gasteiger partial charge on any atom is -0.398 e. The molecule has 0 N–H and O–H groups in total. The van der Waals surface area contributed by atoms with Gasteiger partial charge < -0.3 is 14.2 Å². The molecule has 4 rings (SSSR count). The molecule has 26 heavy (non-hydrogen) atoms. The largest absolute Gasteiger partial charge is 0.516 e. The summed E-state index contributed by atoms with van der Waals surface area (Å²) in [5, 5.41) is 0. The van der Waals surface area contributed by atoms with Gasteiger partial charge >= 0.3 is 7.12 Å². The molecular weight excluding hydrogens is 349 g/mol. The van der Waals surface area contributed by atoms with Crippen molar-refractivity contribution in [2.24, 2.45) is 0 Å². The molecule has 0 spiro atoms. The Bertz CT molecular complexity index is 835. The molecule has 0 bridgehead atoms. The summed E-state index contributed by atoms with van der Waals surface area (Å²) in [5.74, 6) is 0.242. The lowest BCUT2D eigenvalue weighted by molar-refractivity contribution is -0.133. The molecule has 8 heteroatoms. The second-order valence-electron chi connectivity index (χ2n) is 8.05. The Labute approximate surface area is 158 Å². The van der Waals surface area contributed by atoms with Gasteiger partial charge in [0.15, 0.2) is 0 Å². The SMILES string of the molecule is CC1(C)OB(c2ncnc3cc(CN4CCCCC4=O)sc23)OC1(C)C. The summed E-state index contributed by atoms with van der Waals surface area (Å²) < 4.78 is 13.3. The van der Waals surface area contributed by atoms with Crippen LogP contribution >= 0.6 is 11.3 Å². The van der Waals surface area contributed by atoms with Crippen molar-refractivity contribution >= 4 is 40.2 Å². The van der Waals surface area contributed by atoms with Gasteiger partial charge in [-0.3, -0.25) is 4.79 Å². The van der Waals surface area contributed by atoms with Gasteiger partial charge in [-0.05, 0) is 46.6 Å². The van der Waals surface area contributed by atoms with E-state index < -0.39 is 18.3 Å². The molecule has 0 saturated carbocycles. The number of amides is 1. The van der Waals surface area contributed by atoms with E-state index in [0.29, 0.717) is 13.0 Å². The fraction of sp³-hybridized carbons (Fsp3) is 0.611. The van der Waals surface area contributed by atoms with Gasteiger partial charge in [0.1, 0.15) is 6.33 Å². The molecular formula is C18H24BN3O3S. The number of fused-ring (bicyclic) bond motifs is 1. The van der Waals surface area contributed by atoms with E-state index in [2.05, 4.69) is 16.0 Å². The molecule has 138 valence electrons. The topological polar surface area (TPSA) is 64.6 Å². The molecule has 2 aliphatic heterocycles. The molecule has 6 nitrogen and oxygen atoms in total. The van der Waals surface area contributed by atoms with Crippen molar-refractivity contribution in [3.05, 3.63) is 17.3 Å². The number of carbonyl (C=O) groups excluding carboxylic acids is 1. The molecule has 2 aromatic heterocycles. The number of thiophene rings is 1.